The number of aliphatic carboxylic acids is 1. The molecule has 0 heterocycles. The van der Waals surface area contributed by atoms with Crippen LogP contribution in [0.4, 0.5) is 4.39 Å². The molecule has 6 heteroatoms. The Bertz CT molecular complexity index is 521. The molecule has 1 aromatic rings. The topological polar surface area (TPSA) is 57.6 Å². The first-order valence-electron chi connectivity index (χ1n) is 5.72. The molecule has 0 aromatic heterocycles. The van der Waals surface area contributed by atoms with E-state index in [-0.39, 0.29) is 12.1 Å². The lowest BCUT2D eigenvalue weighted by molar-refractivity contribution is -0.158. The fourth-order valence-corrected chi connectivity index (χ4v) is 2.45. The molecule has 1 rings (SSSR count). The maximum Gasteiger partial charge on any atom is 0.334 e. The Labute approximate surface area is 119 Å². The molecule has 0 radical (unpaired) electrons. The van der Waals surface area contributed by atoms with E-state index in [9.17, 15) is 19.1 Å². The summed E-state index contributed by atoms with van der Waals surface area (Å²) < 4.78 is 14.5. The van der Waals surface area contributed by atoms with Crippen LogP contribution in [0.15, 0.2) is 22.7 Å². The van der Waals surface area contributed by atoms with Crippen molar-refractivity contribution >= 4 is 27.8 Å². The molecular formula is C13H15BrFNO3. The van der Waals surface area contributed by atoms with E-state index in [2.05, 4.69) is 15.9 Å². The fraction of sp³-hybridized carbons (Fsp3) is 0.385. The minimum atomic E-state index is -1.73. The molecule has 1 N–H and O–H groups in total. The Morgan fingerprint density at radius 1 is 1.47 bits per heavy atom. The minimum Gasteiger partial charge on any atom is -0.479 e. The van der Waals surface area contributed by atoms with Gasteiger partial charge in [-0.05, 0) is 26.0 Å². The number of halogens is 2. The molecule has 0 bridgehead atoms. The first kappa shape index (κ1) is 15.6. The van der Waals surface area contributed by atoms with Gasteiger partial charge in [0, 0.05) is 23.5 Å². The van der Waals surface area contributed by atoms with Crippen molar-refractivity contribution in [3.05, 3.63) is 34.1 Å². The highest BCUT2D eigenvalue weighted by Gasteiger charge is 2.44. The van der Waals surface area contributed by atoms with Crippen LogP contribution < -0.4 is 0 Å². The first-order valence-corrected chi connectivity index (χ1v) is 6.51. The molecule has 0 spiro atoms. The van der Waals surface area contributed by atoms with Crippen LogP contribution in [0.25, 0.3) is 0 Å². The molecule has 0 aliphatic rings. The maximum absolute atomic E-state index is 14.0. The molecule has 0 fully saturated rings. The normalized spacial score (nSPS) is 13.7. The lowest BCUT2D eigenvalue weighted by atomic mass is 9.89. The van der Waals surface area contributed by atoms with Crippen LogP contribution in [0.3, 0.4) is 0 Å². The third-order valence-electron chi connectivity index (χ3n) is 3.11. The lowest BCUT2D eigenvalue weighted by Crippen LogP contribution is -2.52. The number of likely N-dealkylation sites (N-methyl/N-ethyl adjacent to an activating group) is 1. The van der Waals surface area contributed by atoms with Gasteiger partial charge in [0.25, 0.3) is 0 Å². The summed E-state index contributed by atoms with van der Waals surface area (Å²) in [5.74, 6) is -2.36. The van der Waals surface area contributed by atoms with Crippen LogP contribution in [-0.2, 0) is 15.1 Å². The van der Waals surface area contributed by atoms with Gasteiger partial charge in [0.1, 0.15) is 5.82 Å². The second kappa shape index (κ2) is 5.69. The SMILES string of the molecule is CCN(C(C)=O)C(C)(C(=O)O)c1ccc(Br)cc1F. The van der Waals surface area contributed by atoms with E-state index in [0.29, 0.717) is 4.47 Å². The summed E-state index contributed by atoms with van der Waals surface area (Å²) in [5.41, 5.74) is -1.77. The summed E-state index contributed by atoms with van der Waals surface area (Å²) in [6.45, 7) is 4.42. The highest BCUT2D eigenvalue weighted by Crippen LogP contribution is 2.32. The molecule has 0 aliphatic carbocycles. The van der Waals surface area contributed by atoms with Crippen LogP contribution >= 0.6 is 15.9 Å². The number of carbonyl (C=O) groups is 2. The van der Waals surface area contributed by atoms with E-state index in [1.54, 1.807) is 13.0 Å². The summed E-state index contributed by atoms with van der Waals surface area (Å²) >= 11 is 3.12. The van der Waals surface area contributed by atoms with E-state index in [1.165, 1.54) is 26.0 Å². The van der Waals surface area contributed by atoms with Crippen molar-refractivity contribution in [3.63, 3.8) is 0 Å². The monoisotopic (exact) mass is 331 g/mol. The van der Waals surface area contributed by atoms with Crippen LogP contribution in [-0.4, -0.2) is 28.4 Å². The molecule has 1 amide bonds. The van der Waals surface area contributed by atoms with Gasteiger partial charge in [-0.2, -0.15) is 0 Å². The average molecular weight is 332 g/mol. The zero-order valence-electron chi connectivity index (χ0n) is 10.9. The van der Waals surface area contributed by atoms with Gasteiger partial charge in [-0.15, -0.1) is 0 Å². The van der Waals surface area contributed by atoms with Gasteiger partial charge in [-0.25, -0.2) is 9.18 Å². The molecule has 0 saturated heterocycles. The number of benzene rings is 1. The molecule has 1 atom stereocenters. The predicted molar refractivity (Wildman–Crippen MR) is 72.1 cm³/mol. The Kier molecular flexibility index (Phi) is 4.68. The van der Waals surface area contributed by atoms with Crippen molar-refractivity contribution in [3.8, 4) is 0 Å². The molecule has 1 unspecified atom stereocenters. The number of amides is 1. The van der Waals surface area contributed by atoms with Crippen molar-refractivity contribution in [1.82, 2.24) is 4.90 Å². The Morgan fingerprint density at radius 3 is 2.42 bits per heavy atom. The highest BCUT2D eigenvalue weighted by atomic mass is 79.9. The Hall–Kier alpha value is -1.43. The fourth-order valence-electron chi connectivity index (χ4n) is 2.11. The predicted octanol–water partition coefficient (Wildman–Crippen LogP) is 2.76. The van der Waals surface area contributed by atoms with Crippen LogP contribution in [0.2, 0.25) is 0 Å². The van der Waals surface area contributed by atoms with Crippen LogP contribution in [0.5, 0.6) is 0 Å². The zero-order valence-corrected chi connectivity index (χ0v) is 12.5. The van der Waals surface area contributed by atoms with E-state index in [0.717, 1.165) is 4.90 Å². The van der Waals surface area contributed by atoms with E-state index >= 15 is 0 Å². The Balaban J connectivity index is 3.49. The standard InChI is InChI=1S/C13H15BrFNO3/c1-4-16(8(2)17)13(3,12(18)19)10-6-5-9(14)7-11(10)15/h5-7H,4H2,1-3H3,(H,18,19). The zero-order chi connectivity index (χ0) is 14.8. The minimum absolute atomic E-state index is 0.0414. The maximum atomic E-state index is 14.0. The number of nitrogens with zero attached hydrogens (tertiary/aromatic N) is 1. The Morgan fingerprint density at radius 2 is 2.05 bits per heavy atom. The smallest absolute Gasteiger partial charge is 0.334 e. The largest absolute Gasteiger partial charge is 0.479 e. The van der Waals surface area contributed by atoms with Crippen molar-refractivity contribution in [2.45, 2.75) is 26.3 Å². The number of carbonyl (C=O) groups excluding carboxylic acids is 1. The molecule has 1 aromatic carbocycles. The number of hydrogen-bond donors (Lipinski definition) is 1. The van der Waals surface area contributed by atoms with Crippen molar-refractivity contribution < 1.29 is 19.1 Å². The van der Waals surface area contributed by atoms with Crippen molar-refractivity contribution in [2.24, 2.45) is 0 Å². The highest BCUT2D eigenvalue weighted by molar-refractivity contribution is 9.10. The van der Waals surface area contributed by atoms with Gasteiger partial charge in [-0.3, -0.25) is 4.79 Å². The third kappa shape index (κ3) is 2.78. The molecule has 0 aliphatic heterocycles. The van der Waals surface area contributed by atoms with Gasteiger partial charge in [0.15, 0.2) is 5.54 Å². The summed E-state index contributed by atoms with van der Waals surface area (Å²) in [5, 5.41) is 9.46. The van der Waals surface area contributed by atoms with Crippen molar-refractivity contribution in [1.29, 1.82) is 0 Å². The van der Waals surface area contributed by atoms with Gasteiger partial charge in [0.2, 0.25) is 5.91 Å². The van der Waals surface area contributed by atoms with E-state index < -0.39 is 23.2 Å². The molecular weight excluding hydrogens is 317 g/mol. The molecule has 104 valence electrons. The number of hydrogen-bond acceptors (Lipinski definition) is 2. The van der Waals surface area contributed by atoms with Gasteiger partial charge in [0.05, 0.1) is 0 Å². The third-order valence-corrected chi connectivity index (χ3v) is 3.60. The summed E-state index contributed by atoms with van der Waals surface area (Å²) in [6.07, 6.45) is 0. The molecule has 19 heavy (non-hydrogen) atoms. The summed E-state index contributed by atoms with van der Waals surface area (Å²) in [4.78, 5) is 24.3. The van der Waals surface area contributed by atoms with E-state index in [1.807, 2.05) is 0 Å². The average Bonchev–Trinajstić information content (AvgIpc) is 2.28. The second-order valence-electron chi connectivity index (χ2n) is 4.26. The van der Waals surface area contributed by atoms with Crippen LogP contribution in [0.1, 0.15) is 26.3 Å². The lowest BCUT2D eigenvalue weighted by Gasteiger charge is -2.37. The number of rotatable bonds is 4. The van der Waals surface area contributed by atoms with Gasteiger partial charge in [-0.1, -0.05) is 22.0 Å². The van der Waals surface area contributed by atoms with Gasteiger partial charge >= 0.3 is 5.97 Å². The molecule has 0 saturated carbocycles. The van der Waals surface area contributed by atoms with Crippen molar-refractivity contribution in [2.75, 3.05) is 6.54 Å². The van der Waals surface area contributed by atoms with E-state index in [4.69, 9.17) is 0 Å². The number of carboxylic acids is 1. The van der Waals surface area contributed by atoms with Gasteiger partial charge < -0.3 is 10.0 Å². The van der Waals surface area contributed by atoms with Crippen LogP contribution in [0, 0.1) is 5.82 Å². The quantitative estimate of drug-likeness (QED) is 0.922. The summed E-state index contributed by atoms with van der Waals surface area (Å²) in [6, 6.07) is 4.11. The molecule has 4 nitrogen and oxygen atoms in total. The number of carboxylic acid groups (broad SMARTS) is 1. The summed E-state index contributed by atoms with van der Waals surface area (Å²) in [7, 11) is 0. The first-order chi connectivity index (χ1) is 8.75. The second-order valence-corrected chi connectivity index (χ2v) is 5.18.